The summed E-state index contributed by atoms with van der Waals surface area (Å²) in [4.78, 5) is 10.7. The van der Waals surface area contributed by atoms with E-state index in [1.54, 1.807) is 6.33 Å². The first-order chi connectivity index (χ1) is 9.29. The van der Waals surface area contributed by atoms with Crippen LogP contribution in [0.4, 0.5) is 11.6 Å². The number of nitrogens with one attached hydrogen (secondary N) is 2. The van der Waals surface area contributed by atoms with Crippen molar-refractivity contribution >= 4 is 11.6 Å². The van der Waals surface area contributed by atoms with Gasteiger partial charge < -0.3 is 20.3 Å². The van der Waals surface area contributed by atoms with E-state index in [4.69, 9.17) is 4.74 Å². The van der Waals surface area contributed by atoms with E-state index in [-0.39, 0.29) is 0 Å². The van der Waals surface area contributed by atoms with Crippen molar-refractivity contribution < 1.29 is 4.74 Å². The van der Waals surface area contributed by atoms with Crippen LogP contribution in [0.3, 0.4) is 0 Å². The summed E-state index contributed by atoms with van der Waals surface area (Å²) in [5.41, 5.74) is 0. The second kappa shape index (κ2) is 7.25. The molecule has 106 valence electrons. The van der Waals surface area contributed by atoms with E-state index in [2.05, 4.69) is 32.4 Å². The van der Waals surface area contributed by atoms with Crippen LogP contribution in [0.2, 0.25) is 0 Å². The number of hydrogen-bond acceptors (Lipinski definition) is 6. The van der Waals surface area contributed by atoms with Crippen molar-refractivity contribution in [2.24, 2.45) is 0 Å². The summed E-state index contributed by atoms with van der Waals surface area (Å²) in [5, 5.41) is 6.74. The van der Waals surface area contributed by atoms with Gasteiger partial charge >= 0.3 is 0 Å². The summed E-state index contributed by atoms with van der Waals surface area (Å²) in [6.45, 7) is 6.44. The Balaban J connectivity index is 1.87. The molecular formula is C13H23N5O. The summed E-state index contributed by atoms with van der Waals surface area (Å²) in [6.07, 6.45) is 2.71. The first-order valence-corrected chi connectivity index (χ1v) is 6.87. The van der Waals surface area contributed by atoms with E-state index in [0.717, 1.165) is 50.9 Å². The quantitative estimate of drug-likeness (QED) is 0.790. The first-order valence-electron chi connectivity index (χ1n) is 6.87. The molecule has 1 fully saturated rings. The number of nitrogens with zero attached hydrogens (tertiary/aromatic N) is 3. The maximum atomic E-state index is 5.42. The molecule has 1 saturated heterocycles. The molecular weight excluding hydrogens is 242 g/mol. The fourth-order valence-corrected chi connectivity index (χ4v) is 2.08. The summed E-state index contributed by atoms with van der Waals surface area (Å²) < 4.78 is 5.42. The lowest BCUT2D eigenvalue weighted by molar-refractivity contribution is 0.0806. The van der Waals surface area contributed by atoms with Gasteiger partial charge in [0.2, 0.25) is 0 Å². The number of aromatic nitrogens is 2. The molecule has 0 aliphatic carbocycles. The van der Waals surface area contributed by atoms with Crippen LogP contribution in [-0.4, -0.2) is 55.9 Å². The van der Waals surface area contributed by atoms with Gasteiger partial charge in [0.05, 0.1) is 13.2 Å². The topological polar surface area (TPSA) is 62.3 Å². The van der Waals surface area contributed by atoms with Crippen LogP contribution in [0.15, 0.2) is 12.4 Å². The third kappa shape index (κ3) is 4.33. The van der Waals surface area contributed by atoms with E-state index in [0.29, 0.717) is 6.04 Å². The zero-order valence-corrected chi connectivity index (χ0v) is 11.7. The molecule has 1 aromatic rings. The molecule has 0 spiro atoms. The third-order valence-corrected chi connectivity index (χ3v) is 3.13. The van der Waals surface area contributed by atoms with Gasteiger partial charge in [0, 0.05) is 38.8 Å². The average Bonchev–Trinajstić information content (AvgIpc) is 2.47. The molecule has 0 amide bonds. The largest absolute Gasteiger partial charge is 0.378 e. The van der Waals surface area contributed by atoms with E-state index < -0.39 is 0 Å². The monoisotopic (exact) mass is 265 g/mol. The Morgan fingerprint density at radius 1 is 1.53 bits per heavy atom. The second-order valence-corrected chi connectivity index (χ2v) is 4.79. The van der Waals surface area contributed by atoms with Crippen LogP contribution in [0.1, 0.15) is 13.3 Å². The molecule has 1 aromatic heterocycles. The lowest BCUT2D eigenvalue weighted by atomic mass is 10.3. The highest BCUT2D eigenvalue weighted by atomic mass is 16.5. The Bertz CT molecular complexity index is 381. The Hall–Kier alpha value is -1.40. The predicted molar refractivity (Wildman–Crippen MR) is 76.7 cm³/mol. The van der Waals surface area contributed by atoms with Gasteiger partial charge in [-0.3, -0.25) is 0 Å². The smallest absolute Gasteiger partial charge is 0.133 e. The van der Waals surface area contributed by atoms with Crippen molar-refractivity contribution in [1.29, 1.82) is 0 Å². The van der Waals surface area contributed by atoms with Crippen LogP contribution < -0.4 is 15.5 Å². The van der Waals surface area contributed by atoms with Crippen molar-refractivity contribution in [3.63, 3.8) is 0 Å². The molecule has 19 heavy (non-hydrogen) atoms. The average molecular weight is 265 g/mol. The standard InChI is InChI=1S/C13H23N5O/c1-3-5-18(2)13-7-12(16-10-17-13)15-8-11-9-19-6-4-14-11/h7,10-11,14H,3-6,8-9H2,1-2H3,(H,15,16,17). The lowest BCUT2D eigenvalue weighted by Crippen LogP contribution is -2.45. The van der Waals surface area contributed by atoms with Crippen LogP contribution in [0, 0.1) is 0 Å². The summed E-state index contributed by atoms with van der Waals surface area (Å²) >= 11 is 0. The highest BCUT2D eigenvalue weighted by molar-refractivity contribution is 5.47. The van der Waals surface area contributed by atoms with E-state index in [1.807, 2.05) is 13.1 Å². The van der Waals surface area contributed by atoms with Crippen LogP contribution in [0.5, 0.6) is 0 Å². The van der Waals surface area contributed by atoms with Crippen molar-refractivity contribution in [1.82, 2.24) is 15.3 Å². The zero-order chi connectivity index (χ0) is 13.5. The first kappa shape index (κ1) is 14.0. The van der Waals surface area contributed by atoms with E-state index in [1.165, 1.54) is 0 Å². The summed E-state index contributed by atoms with van der Waals surface area (Å²) in [6, 6.07) is 2.33. The molecule has 0 saturated carbocycles. The molecule has 0 bridgehead atoms. The molecule has 2 heterocycles. The van der Waals surface area contributed by atoms with Gasteiger partial charge in [-0.05, 0) is 6.42 Å². The molecule has 1 unspecified atom stereocenters. The number of ether oxygens (including phenoxy) is 1. The minimum absolute atomic E-state index is 0.348. The molecule has 0 aromatic carbocycles. The minimum atomic E-state index is 0.348. The molecule has 0 radical (unpaired) electrons. The van der Waals surface area contributed by atoms with Gasteiger partial charge in [-0.15, -0.1) is 0 Å². The molecule has 6 nitrogen and oxygen atoms in total. The fraction of sp³-hybridized carbons (Fsp3) is 0.692. The van der Waals surface area contributed by atoms with Crippen molar-refractivity contribution in [3.05, 3.63) is 12.4 Å². The minimum Gasteiger partial charge on any atom is -0.378 e. The second-order valence-electron chi connectivity index (χ2n) is 4.79. The Morgan fingerprint density at radius 2 is 2.42 bits per heavy atom. The van der Waals surface area contributed by atoms with Gasteiger partial charge in [0.1, 0.15) is 18.0 Å². The van der Waals surface area contributed by atoms with Gasteiger partial charge in [0.15, 0.2) is 0 Å². The normalized spacial score (nSPS) is 19.2. The zero-order valence-electron chi connectivity index (χ0n) is 11.7. The predicted octanol–water partition coefficient (Wildman–Crippen LogP) is 0.723. The van der Waals surface area contributed by atoms with Gasteiger partial charge in [-0.1, -0.05) is 6.92 Å². The number of anilines is 2. The van der Waals surface area contributed by atoms with E-state index in [9.17, 15) is 0 Å². The maximum absolute atomic E-state index is 5.42. The Kier molecular flexibility index (Phi) is 5.35. The molecule has 2 N–H and O–H groups in total. The highest BCUT2D eigenvalue weighted by Gasteiger charge is 2.12. The molecule has 6 heteroatoms. The highest BCUT2D eigenvalue weighted by Crippen LogP contribution is 2.12. The maximum Gasteiger partial charge on any atom is 0.133 e. The van der Waals surface area contributed by atoms with Gasteiger partial charge in [0.25, 0.3) is 0 Å². The number of morpholine rings is 1. The molecule has 1 aliphatic heterocycles. The molecule has 1 aliphatic rings. The van der Waals surface area contributed by atoms with Crippen LogP contribution in [-0.2, 0) is 4.74 Å². The SMILES string of the molecule is CCCN(C)c1cc(NCC2COCCN2)ncn1. The van der Waals surface area contributed by atoms with Crippen molar-refractivity contribution in [2.75, 3.05) is 50.1 Å². The van der Waals surface area contributed by atoms with Gasteiger partial charge in [-0.25, -0.2) is 9.97 Å². The summed E-state index contributed by atoms with van der Waals surface area (Å²) in [7, 11) is 2.05. The van der Waals surface area contributed by atoms with E-state index >= 15 is 0 Å². The van der Waals surface area contributed by atoms with Crippen molar-refractivity contribution in [3.8, 4) is 0 Å². The molecule has 1 atom stereocenters. The summed E-state index contributed by atoms with van der Waals surface area (Å²) in [5.74, 6) is 1.81. The Morgan fingerprint density at radius 3 is 3.16 bits per heavy atom. The number of rotatable bonds is 6. The fourth-order valence-electron chi connectivity index (χ4n) is 2.08. The third-order valence-electron chi connectivity index (χ3n) is 3.13. The van der Waals surface area contributed by atoms with Crippen LogP contribution in [0.25, 0.3) is 0 Å². The van der Waals surface area contributed by atoms with Crippen molar-refractivity contribution in [2.45, 2.75) is 19.4 Å². The Labute approximate surface area is 114 Å². The lowest BCUT2D eigenvalue weighted by Gasteiger charge is -2.24. The van der Waals surface area contributed by atoms with Crippen LogP contribution >= 0.6 is 0 Å². The molecule has 2 rings (SSSR count). The number of hydrogen-bond donors (Lipinski definition) is 2. The van der Waals surface area contributed by atoms with Gasteiger partial charge in [-0.2, -0.15) is 0 Å².